The van der Waals surface area contributed by atoms with E-state index >= 15 is 0 Å². The van der Waals surface area contributed by atoms with Crippen LogP contribution in [-0.2, 0) is 29.9 Å². The lowest BCUT2D eigenvalue weighted by atomic mass is 10.0. The van der Waals surface area contributed by atoms with Gasteiger partial charge in [0, 0.05) is 37.6 Å². The molecule has 0 unspecified atom stereocenters. The highest BCUT2D eigenvalue weighted by Crippen LogP contribution is 2.39. The van der Waals surface area contributed by atoms with Gasteiger partial charge in [-0.3, -0.25) is 4.79 Å². The van der Waals surface area contributed by atoms with E-state index in [0.717, 1.165) is 64.3 Å². The highest BCUT2D eigenvalue weighted by molar-refractivity contribution is 7.20. The molecule has 1 amide bonds. The zero-order valence-corrected chi connectivity index (χ0v) is 33.1. The third-order valence-electron chi connectivity index (χ3n) is 9.97. The van der Waals surface area contributed by atoms with Gasteiger partial charge in [-0.25, -0.2) is 4.79 Å². The lowest BCUT2D eigenvalue weighted by molar-refractivity contribution is -0.138. The highest BCUT2D eigenvalue weighted by atomic mass is 32.1. The lowest BCUT2D eigenvalue weighted by Gasteiger charge is -2.09. The normalized spacial score (nSPS) is 11.9. The van der Waals surface area contributed by atoms with Gasteiger partial charge in [-0.05, 0) is 92.7 Å². The molecule has 1 N–H and O–H groups in total. The van der Waals surface area contributed by atoms with Gasteiger partial charge in [0.1, 0.15) is 6.61 Å². The summed E-state index contributed by atoms with van der Waals surface area (Å²) in [4.78, 5) is 27.6. The second kappa shape index (κ2) is 16.8. The fraction of sp³-hybridized carbons (Fsp3) is 0.125. The molecule has 2 heterocycles. The van der Waals surface area contributed by atoms with Crippen molar-refractivity contribution in [3.8, 4) is 22.3 Å². The first kappa shape index (κ1) is 40.5. The molecule has 0 spiro atoms. The van der Waals surface area contributed by atoms with Crippen molar-refractivity contribution in [2.45, 2.75) is 25.2 Å². The molecule has 0 bridgehead atoms. The van der Waals surface area contributed by atoms with E-state index in [9.17, 15) is 35.9 Å². The molecule has 4 nitrogen and oxygen atoms in total. The molecular weight excluding hydrogens is 817 g/mol. The molecule has 2 aromatic heterocycles. The van der Waals surface area contributed by atoms with Gasteiger partial charge in [0.25, 0.3) is 5.91 Å². The fourth-order valence-corrected chi connectivity index (χ4v) is 9.52. The van der Waals surface area contributed by atoms with Gasteiger partial charge in [0.2, 0.25) is 0 Å². The summed E-state index contributed by atoms with van der Waals surface area (Å²) in [5.41, 5.74) is 4.22. The average molecular weight is 850 g/mol. The predicted molar refractivity (Wildman–Crippen MR) is 226 cm³/mol. The standard InChI is InChI=1S/C48H33F6NO3S2/c49-47(50,51)37-9-1-5-29(23-37)25-39-27-35-7-3-11-41(43(35)59-39)31-13-17-33(18-14-31)45(56)55-21-22-58-46(57)34-19-15-32(16-20-34)42-12-4-8-36-28-40(60-44(36)42)26-30-6-2-10-38(24-30)48(52,53)54/h1-20,23-24,27-28H,21-22,25-26H2,(H,55,56). The van der Waals surface area contributed by atoms with E-state index in [1.807, 2.05) is 72.8 Å². The van der Waals surface area contributed by atoms with Crippen LogP contribution in [0.15, 0.2) is 146 Å². The molecule has 0 fully saturated rings. The number of amides is 1. The van der Waals surface area contributed by atoms with Crippen LogP contribution >= 0.6 is 22.7 Å². The number of benzene rings is 6. The van der Waals surface area contributed by atoms with Crippen LogP contribution in [0.25, 0.3) is 42.4 Å². The largest absolute Gasteiger partial charge is 0.460 e. The van der Waals surface area contributed by atoms with E-state index in [0.29, 0.717) is 35.1 Å². The van der Waals surface area contributed by atoms with Crippen molar-refractivity contribution >= 4 is 54.7 Å². The van der Waals surface area contributed by atoms with Gasteiger partial charge in [-0.2, -0.15) is 26.3 Å². The van der Waals surface area contributed by atoms with Crippen LogP contribution < -0.4 is 5.32 Å². The summed E-state index contributed by atoms with van der Waals surface area (Å²) in [5.74, 6) is -0.876. The topological polar surface area (TPSA) is 55.4 Å². The molecule has 12 heteroatoms. The number of esters is 1. The predicted octanol–water partition coefficient (Wildman–Crippen LogP) is 13.3. The van der Waals surface area contributed by atoms with Crippen LogP contribution in [0.4, 0.5) is 26.3 Å². The molecule has 6 aromatic carbocycles. The third-order valence-corrected chi connectivity index (χ3v) is 12.3. The lowest BCUT2D eigenvalue weighted by Crippen LogP contribution is -2.28. The van der Waals surface area contributed by atoms with Crippen LogP contribution in [0.1, 0.15) is 52.7 Å². The van der Waals surface area contributed by atoms with E-state index < -0.39 is 29.4 Å². The van der Waals surface area contributed by atoms with Crippen molar-refractivity contribution in [3.63, 3.8) is 0 Å². The molecule has 0 aliphatic carbocycles. The van der Waals surface area contributed by atoms with Gasteiger partial charge >= 0.3 is 18.3 Å². The summed E-state index contributed by atoms with van der Waals surface area (Å²) >= 11 is 3.05. The first-order chi connectivity index (χ1) is 28.8. The Balaban J connectivity index is 0.847. The second-order valence-corrected chi connectivity index (χ2v) is 16.4. The molecule has 0 saturated heterocycles. The minimum atomic E-state index is -4.40. The fourth-order valence-electron chi connectivity index (χ4n) is 7.06. The molecule has 8 aromatic rings. The molecule has 0 aliphatic heterocycles. The van der Waals surface area contributed by atoms with Crippen LogP contribution in [0.3, 0.4) is 0 Å². The molecule has 60 heavy (non-hydrogen) atoms. The third kappa shape index (κ3) is 9.15. The molecular formula is C48H33F6NO3S2. The maximum absolute atomic E-state index is 13.2. The molecule has 0 saturated carbocycles. The molecule has 0 radical (unpaired) electrons. The van der Waals surface area contributed by atoms with Gasteiger partial charge in [0.05, 0.1) is 23.2 Å². The maximum atomic E-state index is 13.2. The number of hydrogen-bond donors (Lipinski definition) is 1. The number of carbonyl (C=O) groups excluding carboxylic acids is 2. The Morgan fingerprint density at radius 3 is 1.45 bits per heavy atom. The van der Waals surface area contributed by atoms with Crippen LogP contribution in [-0.4, -0.2) is 25.0 Å². The Hall–Kier alpha value is -6.24. The molecule has 0 aliphatic rings. The summed E-state index contributed by atoms with van der Waals surface area (Å²) in [7, 11) is 0. The SMILES string of the molecule is O=C(NCCOC(=O)c1ccc(-c2cccc3cc(Cc4cccc(C(F)(F)F)c4)sc23)cc1)c1ccc(-c2cccc3cc(Cc4cccc(C(F)(F)F)c4)sc23)cc1. The number of carbonyl (C=O) groups is 2. The van der Waals surface area contributed by atoms with Crippen LogP contribution in [0.2, 0.25) is 0 Å². The number of nitrogens with one attached hydrogen (secondary N) is 1. The summed E-state index contributed by atoms with van der Waals surface area (Å²) < 4.78 is 86.9. The van der Waals surface area contributed by atoms with Gasteiger partial charge in [-0.15, -0.1) is 22.7 Å². The van der Waals surface area contributed by atoms with Crippen LogP contribution in [0, 0.1) is 0 Å². The number of ether oxygens (including phenoxy) is 1. The molecule has 302 valence electrons. The zero-order valence-electron chi connectivity index (χ0n) is 31.5. The Morgan fingerprint density at radius 2 is 0.983 bits per heavy atom. The first-order valence-electron chi connectivity index (χ1n) is 18.8. The number of hydrogen-bond acceptors (Lipinski definition) is 5. The number of alkyl halides is 6. The second-order valence-electron chi connectivity index (χ2n) is 14.2. The zero-order chi connectivity index (χ0) is 42.0. The van der Waals surface area contributed by atoms with Crippen molar-refractivity contribution in [2.24, 2.45) is 0 Å². The van der Waals surface area contributed by atoms with E-state index in [1.165, 1.54) is 46.9 Å². The van der Waals surface area contributed by atoms with E-state index in [2.05, 4.69) is 5.32 Å². The summed E-state index contributed by atoms with van der Waals surface area (Å²) in [6, 6.07) is 40.5. The minimum Gasteiger partial charge on any atom is -0.460 e. The Kier molecular flexibility index (Phi) is 11.3. The number of fused-ring (bicyclic) bond motifs is 2. The number of halogens is 6. The van der Waals surface area contributed by atoms with Crippen molar-refractivity contribution in [3.05, 3.63) is 189 Å². The van der Waals surface area contributed by atoms with Gasteiger partial charge in [0.15, 0.2) is 0 Å². The van der Waals surface area contributed by atoms with E-state index in [4.69, 9.17) is 4.74 Å². The van der Waals surface area contributed by atoms with Crippen molar-refractivity contribution < 1.29 is 40.7 Å². The van der Waals surface area contributed by atoms with E-state index in [1.54, 1.807) is 36.4 Å². The minimum absolute atomic E-state index is 0.0449. The monoisotopic (exact) mass is 849 g/mol. The molecule has 8 rings (SSSR count). The van der Waals surface area contributed by atoms with Crippen LogP contribution in [0.5, 0.6) is 0 Å². The maximum Gasteiger partial charge on any atom is 0.416 e. The Labute approximate surface area is 348 Å². The van der Waals surface area contributed by atoms with Crippen molar-refractivity contribution in [2.75, 3.05) is 13.2 Å². The average Bonchev–Trinajstić information content (AvgIpc) is 3.85. The number of thiophene rings is 2. The van der Waals surface area contributed by atoms with Crippen molar-refractivity contribution in [1.29, 1.82) is 0 Å². The quantitative estimate of drug-likeness (QED) is 0.0801. The number of rotatable bonds is 11. The summed E-state index contributed by atoms with van der Waals surface area (Å²) in [6.07, 6.45) is -8.06. The first-order valence-corrected chi connectivity index (χ1v) is 20.4. The Morgan fingerprint density at radius 1 is 0.533 bits per heavy atom. The van der Waals surface area contributed by atoms with Gasteiger partial charge < -0.3 is 10.1 Å². The molecule has 0 atom stereocenters. The summed E-state index contributed by atoms with van der Waals surface area (Å²) in [6.45, 7) is 0.0492. The van der Waals surface area contributed by atoms with Crippen molar-refractivity contribution in [1.82, 2.24) is 5.32 Å². The smallest absolute Gasteiger partial charge is 0.416 e. The van der Waals surface area contributed by atoms with E-state index in [-0.39, 0.29) is 19.1 Å². The Bertz CT molecular complexity index is 2650. The van der Waals surface area contributed by atoms with Gasteiger partial charge in [-0.1, -0.05) is 97.1 Å². The summed E-state index contributed by atoms with van der Waals surface area (Å²) in [5, 5.41) is 4.73. The highest BCUT2D eigenvalue weighted by Gasteiger charge is 2.31.